The Morgan fingerprint density at radius 1 is 1.56 bits per heavy atom. The van der Waals surface area contributed by atoms with Gasteiger partial charge in [0, 0.05) is 22.4 Å². The van der Waals surface area contributed by atoms with E-state index >= 15 is 0 Å². The minimum absolute atomic E-state index is 0.364. The van der Waals surface area contributed by atoms with Gasteiger partial charge in [0.05, 0.1) is 16.7 Å². The molecule has 0 radical (unpaired) electrons. The Morgan fingerprint density at radius 2 is 2.33 bits per heavy atom. The zero-order valence-electron chi connectivity index (χ0n) is 9.78. The number of hydrazine groups is 1. The second-order valence-electron chi connectivity index (χ2n) is 3.92. The summed E-state index contributed by atoms with van der Waals surface area (Å²) in [5.41, 5.74) is 3.85. The molecule has 2 aromatic rings. The highest BCUT2D eigenvalue weighted by Crippen LogP contribution is 2.28. The van der Waals surface area contributed by atoms with Crippen LogP contribution < -0.4 is 11.3 Å². The van der Waals surface area contributed by atoms with Crippen molar-refractivity contribution >= 4 is 22.9 Å². The van der Waals surface area contributed by atoms with Crippen LogP contribution in [0.25, 0.3) is 0 Å². The highest BCUT2D eigenvalue weighted by Gasteiger charge is 2.19. The Balaban J connectivity index is 2.28. The molecule has 2 rings (SSSR count). The molecule has 1 unspecified atom stereocenters. The van der Waals surface area contributed by atoms with E-state index in [0.717, 1.165) is 10.7 Å². The van der Waals surface area contributed by atoms with Gasteiger partial charge in [-0.1, -0.05) is 17.7 Å². The predicted molar refractivity (Wildman–Crippen MR) is 72.0 cm³/mol. The average Bonchev–Trinajstić information content (AvgIpc) is 2.73. The fraction of sp³-hybridized carbons (Fsp3) is 0.250. The molecule has 3 nitrogen and oxygen atoms in total. The van der Waals surface area contributed by atoms with Crippen LogP contribution in [0.1, 0.15) is 22.3 Å². The number of halogens is 2. The molecule has 0 bridgehead atoms. The maximum atomic E-state index is 13.8. The summed E-state index contributed by atoms with van der Waals surface area (Å²) in [6.45, 7) is 1.93. The van der Waals surface area contributed by atoms with Crippen LogP contribution in [0, 0.1) is 12.7 Å². The van der Waals surface area contributed by atoms with E-state index in [4.69, 9.17) is 17.4 Å². The third-order valence-electron chi connectivity index (χ3n) is 2.63. The third-order valence-corrected chi connectivity index (χ3v) is 3.78. The first-order chi connectivity index (χ1) is 8.61. The summed E-state index contributed by atoms with van der Waals surface area (Å²) in [5, 5.41) is 3.28. The van der Waals surface area contributed by atoms with E-state index in [1.54, 1.807) is 23.5 Å². The van der Waals surface area contributed by atoms with Crippen LogP contribution >= 0.6 is 22.9 Å². The van der Waals surface area contributed by atoms with Crippen LogP contribution in [0.4, 0.5) is 4.39 Å². The van der Waals surface area contributed by atoms with Crippen LogP contribution in [-0.4, -0.2) is 4.98 Å². The zero-order chi connectivity index (χ0) is 13.1. The van der Waals surface area contributed by atoms with Gasteiger partial charge in [0.1, 0.15) is 5.82 Å². The van der Waals surface area contributed by atoms with Crippen molar-refractivity contribution in [3.8, 4) is 0 Å². The molecular formula is C12H13ClFN3S. The lowest BCUT2D eigenvalue weighted by molar-refractivity contribution is 0.507. The van der Waals surface area contributed by atoms with E-state index in [1.807, 2.05) is 12.3 Å². The van der Waals surface area contributed by atoms with Crippen molar-refractivity contribution in [3.63, 3.8) is 0 Å². The largest absolute Gasteiger partial charge is 0.271 e. The lowest BCUT2D eigenvalue weighted by Crippen LogP contribution is -2.30. The maximum Gasteiger partial charge on any atom is 0.129 e. The number of benzene rings is 1. The number of aromatic nitrogens is 1. The van der Waals surface area contributed by atoms with Crippen LogP contribution in [0.5, 0.6) is 0 Å². The van der Waals surface area contributed by atoms with Crippen molar-refractivity contribution in [3.05, 3.63) is 50.7 Å². The second-order valence-corrected chi connectivity index (χ2v) is 5.39. The summed E-state index contributed by atoms with van der Waals surface area (Å²) >= 11 is 7.58. The molecule has 96 valence electrons. The highest BCUT2D eigenvalue weighted by atomic mass is 35.5. The quantitative estimate of drug-likeness (QED) is 0.671. The predicted octanol–water partition coefficient (Wildman–Crippen LogP) is 2.99. The minimum atomic E-state index is -0.389. The maximum absolute atomic E-state index is 13.8. The fourth-order valence-corrected chi connectivity index (χ4v) is 2.72. The van der Waals surface area contributed by atoms with Crippen LogP contribution in [0.15, 0.2) is 23.6 Å². The van der Waals surface area contributed by atoms with E-state index in [1.165, 1.54) is 6.07 Å². The van der Waals surface area contributed by atoms with Crippen LogP contribution in [-0.2, 0) is 6.42 Å². The first-order valence-corrected chi connectivity index (χ1v) is 6.68. The van der Waals surface area contributed by atoms with Gasteiger partial charge in [-0.3, -0.25) is 11.3 Å². The molecule has 0 aliphatic rings. The Hall–Kier alpha value is -1.01. The number of hydrogen-bond donors (Lipinski definition) is 2. The lowest BCUT2D eigenvalue weighted by atomic mass is 10.0. The summed E-state index contributed by atoms with van der Waals surface area (Å²) in [4.78, 5) is 4.34. The number of nitrogens with two attached hydrogens (primary N) is 1. The van der Waals surface area contributed by atoms with Crippen LogP contribution in [0.3, 0.4) is 0 Å². The third kappa shape index (κ3) is 2.87. The van der Waals surface area contributed by atoms with E-state index in [9.17, 15) is 4.39 Å². The molecule has 1 aromatic heterocycles. The molecule has 0 spiro atoms. The van der Waals surface area contributed by atoms with Gasteiger partial charge in [0.15, 0.2) is 0 Å². The summed E-state index contributed by atoms with van der Waals surface area (Å²) in [6, 6.07) is 4.20. The molecule has 1 heterocycles. The number of nitrogens with one attached hydrogen (secondary N) is 1. The summed E-state index contributed by atoms with van der Waals surface area (Å²) < 4.78 is 13.8. The first-order valence-electron chi connectivity index (χ1n) is 5.43. The van der Waals surface area contributed by atoms with Crippen molar-refractivity contribution in [2.45, 2.75) is 19.4 Å². The summed E-state index contributed by atoms with van der Waals surface area (Å²) in [7, 11) is 0. The molecule has 0 saturated heterocycles. The normalized spacial score (nSPS) is 12.7. The number of hydrogen-bond acceptors (Lipinski definition) is 4. The fourth-order valence-electron chi connectivity index (χ4n) is 1.80. The van der Waals surface area contributed by atoms with Crippen molar-refractivity contribution in [1.82, 2.24) is 10.4 Å². The van der Waals surface area contributed by atoms with Gasteiger partial charge in [0.2, 0.25) is 0 Å². The molecule has 1 aromatic carbocycles. The van der Waals surface area contributed by atoms with E-state index < -0.39 is 0 Å². The number of rotatable bonds is 4. The topological polar surface area (TPSA) is 50.9 Å². The van der Waals surface area contributed by atoms with Crippen molar-refractivity contribution in [2.75, 3.05) is 0 Å². The molecule has 0 amide bonds. The Bertz CT molecular complexity index is 524. The minimum Gasteiger partial charge on any atom is -0.271 e. The highest BCUT2D eigenvalue weighted by molar-refractivity contribution is 7.09. The van der Waals surface area contributed by atoms with Gasteiger partial charge in [-0.05, 0) is 19.1 Å². The smallest absolute Gasteiger partial charge is 0.129 e. The van der Waals surface area contributed by atoms with E-state index in [0.29, 0.717) is 17.0 Å². The zero-order valence-corrected chi connectivity index (χ0v) is 11.4. The van der Waals surface area contributed by atoms with Gasteiger partial charge >= 0.3 is 0 Å². The van der Waals surface area contributed by atoms with Gasteiger partial charge in [-0.25, -0.2) is 9.37 Å². The van der Waals surface area contributed by atoms with Crippen molar-refractivity contribution < 1.29 is 4.39 Å². The molecule has 6 heteroatoms. The molecule has 0 aliphatic carbocycles. The molecule has 3 N–H and O–H groups in total. The number of aryl methyl sites for hydroxylation is 1. The molecular weight excluding hydrogens is 273 g/mol. The lowest BCUT2D eigenvalue weighted by Gasteiger charge is -2.17. The Kier molecular flexibility index (Phi) is 4.29. The SMILES string of the molecule is Cc1nc(CC(NN)c2c(F)cccc2Cl)cs1. The average molecular weight is 286 g/mol. The summed E-state index contributed by atoms with van der Waals surface area (Å²) in [5.74, 6) is 5.13. The first kappa shape index (κ1) is 13.4. The van der Waals surface area contributed by atoms with Gasteiger partial charge < -0.3 is 0 Å². The number of nitrogens with zero attached hydrogens (tertiary/aromatic N) is 1. The van der Waals surface area contributed by atoms with Crippen molar-refractivity contribution in [1.29, 1.82) is 0 Å². The monoisotopic (exact) mass is 285 g/mol. The van der Waals surface area contributed by atoms with Crippen molar-refractivity contribution in [2.24, 2.45) is 5.84 Å². The second kappa shape index (κ2) is 5.75. The molecule has 0 aliphatic heterocycles. The van der Waals surface area contributed by atoms with Crippen LogP contribution in [0.2, 0.25) is 5.02 Å². The van der Waals surface area contributed by atoms with Gasteiger partial charge in [-0.15, -0.1) is 11.3 Å². The van der Waals surface area contributed by atoms with Gasteiger partial charge in [0.25, 0.3) is 0 Å². The van der Waals surface area contributed by atoms with E-state index in [-0.39, 0.29) is 11.9 Å². The van der Waals surface area contributed by atoms with Gasteiger partial charge in [-0.2, -0.15) is 0 Å². The Labute approximate surface area is 114 Å². The molecule has 0 saturated carbocycles. The molecule has 1 atom stereocenters. The molecule has 0 fully saturated rings. The standard InChI is InChI=1S/C12H13ClFN3S/c1-7-16-8(6-18-7)5-11(17-15)12-9(13)3-2-4-10(12)14/h2-4,6,11,17H,5,15H2,1H3. The summed E-state index contributed by atoms with van der Waals surface area (Å²) in [6.07, 6.45) is 0.501. The number of thiazole rings is 1. The Morgan fingerprint density at radius 3 is 2.89 bits per heavy atom. The van der Waals surface area contributed by atoms with E-state index in [2.05, 4.69) is 10.4 Å². The molecule has 18 heavy (non-hydrogen) atoms.